The predicted octanol–water partition coefficient (Wildman–Crippen LogP) is 3.56. The van der Waals surface area contributed by atoms with Gasteiger partial charge in [-0.15, -0.1) is 0 Å². The molecule has 0 spiro atoms. The van der Waals surface area contributed by atoms with Crippen LogP contribution >= 0.6 is 0 Å². The second-order valence-electron chi connectivity index (χ2n) is 5.83. The van der Waals surface area contributed by atoms with Gasteiger partial charge in [-0.25, -0.2) is 0 Å². The molecule has 1 fully saturated rings. The summed E-state index contributed by atoms with van der Waals surface area (Å²) >= 11 is 0. The normalized spacial score (nSPS) is 19.0. The highest BCUT2D eigenvalue weighted by Crippen LogP contribution is 2.37. The Hall–Kier alpha value is -1.74. The number of ether oxygens (including phenoxy) is 1. The smallest absolute Gasteiger partial charge is 0.143 e. The molecule has 0 amide bonds. The first-order valence-electron chi connectivity index (χ1n) is 7.94. The number of fused-ring (bicyclic) bond motifs is 1. The van der Waals surface area contributed by atoms with Crippen LogP contribution in [0.3, 0.4) is 0 Å². The maximum absolute atomic E-state index is 6.17. The quantitative estimate of drug-likeness (QED) is 0.933. The third-order valence-corrected chi connectivity index (χ3v) is 4.10. The first-order valence-corrected chi connectivity index (χ1v) is 7.94. The van der Waals surface area contributed by atoms with Gasteiger partial charge < -0.3 is 15.4 Å². The Kier molecular flexibility index (Phi) is 4.30. The first-order chi connectivity index (χ1) is 10.3. The summed E-state index contributed by atoms with van der Waals surface area (Å²) in [5.41, 5.74) is 7.39. The number of hydrogen-bond donors (Lipinski definition) is 1. The molecule has 0 aliphatic carbocycles. The van der Waals surface area contributed by atoms with Gasteiger partial charge in [0.1, 0.15) is 5.75 Å². The van der Waals surface area contributed by atoms with E-state index in [2.05, 4.69) is 48.2 Å². The lowest BCUT2D eigenvalue weighted by Crippen LogP contribution is -2.43. The van der Waals surface area contributed by atoms with E-state index < -0.39 is 0 Å². The third kappa shape index (κ3) is 2.98. The monoisotopic (exact) mass is 284 g/mol. The number of benzene rings is 2. The topological polar surface area (TPSA) is 38.5 Å². The molecular formula is C18H24N2O. The molecule has 0 aromatic heterocycles. The SMILES string of the molecule is CCCOc1ccc2ccccc2c1N1CCCC(N)C1. The fourth-order valence-corrected chi connectivity index (χ4v) is 3.10. The lowest BCUT2D eigenvalue weighted by molar-refractivity contribution is 0.317. The van der Waals surface area contributed by atoms with Crippen molar-refractivity contribution < 1.29 is 4.74 Å². The van der Waals surface area contributed by atoms with Crippen LogP contribution in [-0.2, 0) is 0 Å². The molecule has 1 atom stereocenters. The van der Waals surface area contributed by atoms with E-state index in [1.54, 1.807) is 0 Å². The van der Waals surface area contributed by atoms with Crippen molar-refractivity contribution in [2.45, 2.75) is 32.2 Å². The summed E-state index contributed by atoms with van der Waals surface area (Å²) in [5, 5.41) is 2.52. The van der Waals surface area contributed by atoms with E-state index in [-0.39, 0.29) is 6.04 Å². The maximum atomic E-state index is 6.17. The summed E-state index contributed by atoms with van der Waals surface area (Å²) in [6, 6.07) is 13.0. The van der Waals surface area contributed by atoms with Crippen LogP contribution in [0.2, 0.25) is 0 Å². The van der Waals surface area contributed by atoms with E-state index in [1.807, 2.05) is 0 Å². The number of anilines is 1. The fourth-order valence-electron chi connectivity index (χ4n) is 3.10. The van der Waals surface area contributed by atoms with Crippen molar-refractivity contribution in [1.82, 2.24) is 0 Å². The van der Waals surface area contributed by atoms with E-state index in [0.29, 0.717) is 0 Å². The van der Waals surface area contributed by atoms with Crippen molar-refractivity contribution in [3.63, 3.8) is 0 Å². The summed E-state index contributed by atoms with van der Waals surface area (Å²) < 4.78 is 6.00. The molecule has 0 radical (unpaired) electrons. The predicted molar refractivity (Wildman–Crippen MR) is 89.2 cm³/mol. The van der Waals surface area contributed by atoms with E-state index in [0.717, 1.165) is 44.7 Å². The average molecular weight is 284 g/mol. The average Bonchev–Trinajstić information content (AvgIpc) is 2.52. The molecule has 1 saturated heterocycles. The molecule has 1 aliphatic rings. The summed E-state index contributed by atoms with van der Waals surface area (Å²) in [7, 11) is 0. The van der Waals surface area contributed by atoms with Crippen LogP contribution in [0.25, 0.3) is 10.8 Å². The van der Waals surface area contributed by atoms with Gasteiger partial charge in [0.25, 0.3) is 0 Å². The highest BCUT2D eigenvalue weighted by molar-refractivity contribution is 5.97. The standard InChI is InChI=1S/C18H24N2O/c1-2-12-21-17-10-9-14-6-3-4-8-16(14)18(17)20-11-5-7-15(19)13-20/h3-4,6,8-10,15H,2,5,7,11-13,19H2,1H3. The molecule has 1 unspecified atom stereocenters. The number of rotatable bonds is 4. The largest absolute Gasteiger partial charge is 0.491 e. The number of nitrogens with zero attached hydrogens (tertiary/aromatic N) is 1. The molecular weight excluding hydrogens is 260 g/mol. The van der Waals surface area contributed by atoms with Gasteiger partial charge in [0.2, 0.25) is 0 Å². The van der Waals surface area contributed by atoms with Gasteiger partial charge in [-0.1, -0.05) is 37.3 Å². The van der Waals surface area contributed by atoms with E-state index in [4.69, 9.17) is 10.5 Å². The van der Waals surface area contributed by atoms with Crippen LogP contribution in [0.5, 0.6) is 5.75 Å². The van der Waals surface area contributed by atoms with Gasteiger partial charge in [0, 0.05) is 24.5 Å². The molecule has 1 aliphatic heterocycles. The van der Waals surface area contributed by atoms with Crippen molar-refractivity contribution in [2.75, 3.05) is 24.6 Å². The zero-order chi connectivity index (χ0) is 14.7. The first kappa shape index (κ1) is 14.2. The molecule has 112 valence electrons. The van der Waals surface area contributed by atoms with Crippen molar-refractivity contribution >= 4 is 16.5 Å². The molecule has 0 saturated carbocycles. The molecule has 21 heavy (non-hydrogen) atoms. The van der Waals surface area contributed by atoms with Crippen molar-refractivity contribution in [2.24, 2.45) is 5.73 Å². The van der Waals surface area contributed by atoms with Gasteiger partial charge in [-0.2, -0.15) is 0 Å². The molecule has 2 aromatic rings. The van der Waals surface area contributed by atoms with Crippen molar-refractivity contribution in [3.05, 3.63) is 36.4 Å². The minimum atomic E-state index is 0.261. The van der Waals surface area contributed by atoms with Crippen LogP contribution < -0.4 is 15.4 Å². The maximum Gasteiger partial charge on any atom is 0.143 e. The molecule has 3 nitrogen and oxygen atoms in total. The van der Waals surface area contributed by atoms with Crippen LogP contribution in [0.15, 0.2) is 36.4 Å². The van der Waals surface area contributed by atoms with Crippen LogP contribution in [0.4, 0.5) is 5.69 Å². The molecule has 3 heteroatoms. The zero-order valence-corrected chi connectivity index (χ0v) is 12.7. The van der Waals surface area contributed by atoms with Crippen molar-refractivity contribution in [3.8, 4) is 5.75 Å². The summed E-state index contributed by atoms with van der Waals surface area (Å²) in [6.45, 7) is 4.86. The Bertz CT molecular complexity index is 611. The Morgan fingerprint density at radius 3 is 2.90 bits per heavy atom. The second-order valence-corrected chi connectivity index (χ2v) is 5.83. The second kappa shape index (κ2) is 6.35. The Morgan fingerprint density at radius 1 is 1.24 bits per heavy atom. The highest BCUT2D eigenvalue weighted by Gasteiger charge is 2.21. The van der Waals surface area contributed by atoms with E-state index >= 15 is 0 Å². The lowest BCUT2D eigenvalue weighted by Gasteiger charge is -2.34. The summed E-state index contributed by atoms with van der Waals surface area (Å²) in [6.07, 6.45) is 3.29. The molecule has 0 bridgehead atoms. The van der Waals surface area contributed by atoms with Gasteiger partial charge in [0.15, 0.2) is 0 Å². The molecule has 2 N–H and O–H groups in total. The van der Waals surface area contributed by atoms with Crippen LogP contribution in [0.1, 0.15) is 26.2 Å². The van der Waals surface area contributed by atoms with E-state index in [1.165, 1.54) is 16.5 Å². The Labute approximate surface area is 126 Å². The molecule has 2 aromatic carbocycles. The Morgan fingerprint density at radius 2 is 2.10 bits per heavy atom. The summed E-state index contributed by atoms with van der Waals surface area (Å²) in [5.74, 6) is 0.990. The fraction of sp³-hybridized carbons (Fsp3) is 0.444. The minimum absolute atomic E-state index is 0.261. The number of nitrogens with two attached hydrogens (primary N) is 1. The third-order valence-electron chi connectivity index (χ3n) is 4.10. The minimum Gasteiger partial charge on any atom is -0.491 e. The number of piperidine rings is 1. The van der Waals surface area contributed by atoms with Gasteiger partial charge in [-0.05, 0) is 30.7 Å². The van der Waals surface area contributed by atoms with Gasteiger partial charge in [-0.3, -0.25) is 0 Å². The highest BCUT2D eigenvalue weighted by atomic mass is 16.5. The van der Waals surface area contributed by atoms with Crippen molar-refractivity contribution in [1.29, 1.82) is 0 Å². The molecule has 1 heterocycles. The van der Waals surface area contributed by atoms with Crippen LogP contribution in [-0.4, -0.2) is 25.7 Å². The van der Waals surface area contributed by atoms with Gasteiger partial charge >= 0.3 is 0 Å². The van der Waals surface area contributed by atoms with Crippen LogP contribution in [0, 0.1) is 0 Å². The number of hydrogen-bond acceptors (Lipinski definition) is 3. The zero-order valence-electron chi connectivity index (χ0n) is 12.7. The van der Waals surface area contributed by atoms with Gasteiger partial charge in [0.05, 0.1) is 12.3 Å². The van der Waals surface area contributed by atoms with E-state index in [9.17, 15) is 0 Å². The summed E-state index contributed by atoms with van der Waals surface area (Å²) in [4.78, 5) is 2.40. The Balaban J connectivity index is 2.06. The molecule has 3 rings (SSSR count). The lowest BCUT2D eigenvalue weighted by atomic mass is 10.0.